The molecule has 4 nitrogen and oxygen atoms in total. The smallest absolute Gasteiger partial charge is 0.133 e. The summed E-state index contributed by atoms with van der Waals surface area (Å²) in [6, 6.07) is 8.28. The van der Waals surface area contributed by atoms with E-state index in [1.807, 2.05) is 6.07 Å². The molecular weight excluding hydrogens is 273 g/mol. The Bertz CT molecular complexity index is 510. The van der Waals surface area contributed by atoms with E-state index in [0.717, 1.165) is 6.54 Å². The number of amidine groups is 1. The minimum Gasteiger partial charge on any atom is -0.507 e. The van der Waals surface area contributed by atoms with Gasteiger partial charge in [-0.2, -0.15) is 5.26 Å². The van der Waals surface area contributed by atoms with Crippen LogP contribution >= 0.6 is 0 Å². The molecule has 1 aromatic carbocycles. The molecule has 2 aliphatic rings. The number of hydrogen-bond donors (Lipinski definition) is 1. The first kappa shape index (κ1) is 18.0. The third-order valence-corrected chi connectivity index (χ3v) is 3.60. The van der Waals surface area contributed by atoms with Crippen LogP contribution in [0.2, 0.25) is 0 Å². The third-order valence-electron chi connectivity index (χ3n) is 3.60. The van der Waals surface area contributed by atoms with Gasteiger partial charge in [-0.25, -0.2) is 0 Å². The second kappa shape index (κ2) is 9.83. The minimum atomic E-state index is 0. The van der Waals surface area contributed by atoms with Gasteiger partial charge in [0.25, 0.3) is 0 Å². The number of phenolic OH excluding ortho intramolecular Hbond substituents is 1. The first-order valence-corrected chi connectivity index (χ1v) is 7.27. The fourth-order valence-corrected chi connectivity index (χ4v) is 2.51. The fourth-order valence-electron chi connectivity index (χ4n) is 2.51. The average molecular weight is 294 g/mol. The van der Waals surface area contributed by atoms with Crippen LogP contribution in [0, 0.1) is 11.3 Å². The van der Waals surface area contributed by atoms with E-state index < -0.39 is 0 Å². The van der Waals surface area contributed by atoms with E-state index in [9.17, 15) is 0 Å². The molecule has 0 spiro atoms. The molecule has 1 saturated heterocycles. The number of rotatable bonds is 0. The predicted octanol–water partition coefficient (Wildman–Crippen LogP) is 2.55. The molecule has 21 heavy (non-hydrogen) atoms. The maximum atomic E-state index is 8.89. The number of hydrogen-bond acceptors (Lipinski definition) is 4. The SMILES string of the molecule is C1CCC2=NCCCN2CC1.N#Cc1ccccc1O.[Na]. The first-order valence-electron chi connectivity index (χ1n) is 7.27. The summed E-state index contributed by atoms with van der Waals surface area (Å²) < 4.78 is 0. The van der Waals surface area contributed by atoms with Crippen molar-refractivity contribution in [3.8, 4) is 11.8 Å². The van der Waals surface area contributed by atoms with Crippen LogP contribution in [0.3, 0.4) is 0 Å². The van der Waals surface area contributed by atoms with Gasteiger partial charge in [0.1, 0.15) is 11.8 Å². The van der Waals surface area contributed by atoms with E-state index >= 15 is 0 Å². The molecule has 0 aromatic heterocycles. The van der Waals surface area contributed by atoms with Crippen LogP contribution in [-0.2, 0) is 0 Å². The maximum Gasteiger partial charge on any atom is 0.133 e. The quantitative estimate of drug-likeness (QED) is 0.748. The molecule has 0 bridgehead atoms. The molecule has 1 N–H and O–H groups in total. The Balaban J connectivity index is 0.000000205. The molecule has 0 amide bonds. The van der Waals surface area contributed by atoms with Crippen molar-refractivity contribution in [2.45, 2.75) is 32.1 Å². The second-order valence-corrected chi connectivity index (χ2v) is 5.08. The van der Waals surface area contributed by atoms with Crippen molar-refractivity contribution >= 4 is 35.4 Å². The van der Waals surface area contributed by atoms with E-state index in [1.54, 1.807) is 18.2 Å². The number of benzene rings is 1. The number of aromatic hydroxyl groups is 1. The largest absolute Gasteiger partial charge is 0.507 e. The van der Waals surface area contributed by atoms with Crippen molar-refractivity contribution in [3.05, 3.63) is 29.8 Å². The van der Waals surface area contributed by atoms with Crippen molar-refractivity contribution in [1.29, 1.82) is 5.26 Å². The number of para-hydroxylation sites is 1. The van der Waals surface area contributed by atoms with Gasteiger partial charge in [-0.3, -0.25) is 4.99 Å². The average Bonchev–Trinajstić information content (AvgIpc) is 2.74. The van der Waals surface area contributed by atoms with Crippen LogP contribution in [0.4, 0.5) is 0 Å². The van der Waals surface area contributed by atoms with Gasteiger partial charge in [-0.05, 0) is 31.4 Å². The Kier molecular flexibility index (Phi) is 8.44. The minimum absolute atomic E-state index is 0. The fraction of sp³-hybridized carbons (Fsp3) is 0.500. The summed E-state index contributed by atoms with van der Waals surface area (Å²) in [4.78, 5) is 7.04. The molecule has 2 heterocycles. The normalized spacial score (nSPS) is 16.9. The summed E-state index contributed by atoms with van der Waals surface area (Å²) in [7, 11) is 0. The number of nitriles is 1. The zero-order valence-corrected chi connectivity index (χ0v) is 14.8. The molecular formula is C16H21N3NaO. The van der Waals surface area contributed by atoms with E-state index in [4.69, 9.17) is 10.4 Å². The van der Waals surface area contributed by atoms with Crippen LogP contribution in [0.5, 0.6) is 5.75 Å². The number of phenols is 1. The van der Waals surface area contributed by atoms with E-state index in [-0.39, 0.29) is 35.3 Å². The Morgan fingerprint density at radius 3 is 2.57 bits per heavy atom. The Morgan fingerprint density at radius 2 is 1.86 bits per heavy atom. The van der Waals surface area contributed by atoms with Crippen molar-refractivity contribution in [2.24, 2.45) is 4.99 Å². The summed E-state index contributed by atoms with van der Waals surface area (Å²) in [6.45, 7) is 3.60. The molecule has 107 valence electrons. The van der Waals surface area contributed by atoms with Gasteiger partial charge in [0.05, 0.1) is 11.4 Å². The van der Waals surface area contributed by atoms with Crippen molar-refractivity contribution in [1.82, 2.24) is 4.90 Å². The zero-order valence-electron chi connectivity index (χ0n) is 12.8. The Morgan fingerprint density at radius 1 is 1.10 bits per heavy atom. The maximum absolute atomic E-state index is 8.89. The monoisotopic (exact) mass is 294 g/mol. The number of fused-ring (bicyclic) bond motifs is 1. The molecule has 0 unspecified atom stereocenters. The van der Waals surface area contributed by atoms with Crippen LogP contribution in [0.25, 0.3) is 0 Å². The van der Waals surface area contributed by atoms with Crippen LogP contribution in [0.1, 0.15) is 37.7 Å². The topological polar surface area (TPSA) is 59.6 Å². The van der Waals surface area contributed by atoms with E-state index in [2.05, 4.69) is 9.89 Å². The van der Waals surface area contributed by atoms with Crippen LogP contribution in [0.15, 0.2) is 29.3 Å². The molecule has 2 aliphatic heterocycles. The summed E-state index contributed by atoms with van der Waals surface area (Å²) in [6.07, 6.45) is 6.63. The second-order valence-electron chi connectivity index (χ2n) is 5.08. The standard InChI is InChI=1S/C9H16N2.C7H5NO.Na/c1-2-5-9-10-6-4-8-11(9)7-3-1;8-5-6-3-1-2-4-7(6)9;/h1-8H2;1-4,9H;. The molecule has 0 atom stereocenters. The molecule has 0 aliphatic carbocycles. The summed E-state index contributed by atoms with van der Waals surface area (Å²) in [5.41, 5.74) is 0.317. The van der Waals surface area contributed by atoms with Crippen molar-refractivity contribution in [3.63, 3.8) is 0 Å². The first-order chi connectivity index (χ1) is 9.81. The van der Waals surface area contributed by atoms with Gasteiger partial charge in [0.15, 0.2) is 0 Å². The summed E-state index contributed by atoms with van der Waals surface area (Å²) in [5.74, 6) is 1.44. The number of nitrogens with zero attached hydrogens (tertiary/aromatic N) is 3. The van der Waals surface area contributed by atoms with Crippen molar-refractivity contribution < 1.29 is 5.11 Å². The molecule has 1 aromatic rings. The van der Waals surface area contributed by atoms with Gasteiger partial charge in [0.2, 0.25) is 0 Å². The molecule has 0 saturated carbocycles. The van der Waals surface area contributed by atoms with Gasteiger partial charge in [-0.1, -0.05) is 18.6 Å². The molecule has 1 radical (unpaired) electrons. The Hall–Kier alpha value is -1.02. The Labute approximate surface area is 148 Å². The molecule has 3 rings (SSSR count). The summed E-state index contributed by atoms with van der Waals surface area (Å²) in [5, 5.41) is 17.2. The van der Waals surface area contributed by atoms with Gasteiger partial charge < -0.3 is 10.0 Å². The van der Waals surface area contributed by atoms with Crippen LogP contribution in [-0.4, -0.2) is 65.0 Å². The molecule has 5 heteroatoms. The summed E-state index contributed by atoms with van der Waals surface area (Å²) >= 11 is 0. The van der Waals surface area contributed by atoms with Crippen molar-refractivity contribution in [2.75, 3.05) is 19.6 Å². The van der Waals surface area contributed by atoms with E-state index in [1.165, 1.54) is 57.1 Å². The number of aliphatic imine (C=N–C) groups is 1. The van der Waals surface area contributed by atoms with Gasteiger partial charge >= 0.3 is 0 Å². The van der Waals surface area contributed by atoms with E-state index in [0.29, 0.717) is 5.56 Å². The third kappa shape index (κ3) is 5.70. The van der Waals surface area contributed by atoms with Gasteiger partial charge in [0, 0.05) is 55.6 Å². The molecule has 1 fully saturated rings. The predicted molar refractivity (Wildman–Crippen MR) is 85.5 cm³/mol. The zero-order chi connectivity index (χ0) is 14.2. The van der Waals surface area contributed by atoms with Crippen LogP contribution < -0.4 is 0 Å². The van der Waals surface area contributed by atoms with Gasteiger partial charge in [-0.15, -0.1) is 0 Å².